The Bertz CT molecular complexity index is 654. The normalized spacial score (nSPS) is 18.0. The maximum Gasteiger partial charge on any atom is 0.123 e. The summed E-state index contributed by atoms with van der Waals surface area (Å²) in [5.41, 5.74) is 0.499. The number of ether oxygens (including phenoxy) is 1. The van der Waals surface area contributed by atoms with Gasteiger partial charge in [-0.25, -0.2) is 8.70 Å². The van der Waals surface area contributed by atoms with E-state index in [2.05, 4.69) is 26.6 Å². The van der Waals surface area contributed by atoms with Gasteiger partial charge in [-0.05, 0) is 56.7 Å². The summed E-state index contributed by atoms with van der Waals surface area (Å²) in [5, 5.41) is 0. The average Bonchev–Trinajstić information content (AvgIpc) is 2.40. The summed E-state index contributed by atoms with van der Waals surface area (Å²) < 4.78 is 34.3. The predicted molar refractivity (Wildman–Crippen MR) is 107 cm³/mol. The van der Waals surface area contributed by atoms with E-state index in [1.807, 2.05) is 32.0 Å². The van der Waals surface area contributed by atoms with Gasteiger partial charge >= 0.3 is 0 Å². The third-order valence-corrected chi connectivity index (χ3v) is 6.00. The van der Waals surface area contributed by atoms with Crippen molar-refractivity contribution in [3.63, 3.8) is 0 Å². The van der Waals surface area contributed by atoms with Gasteiger partial charge in [-0.3, -0.25) is 4.21 Å². The molecule has 0 radical (unpaired) electrons. The summed E-state index contributed by atoms with van der Waals surface area (Å²) in [6.07, 6.45) is 1.30. The van der Waals surface area contributed by atoms with Gasteiger partial charge in [0.1, 0.15) is 5.82 Å². The zero-order valence-corrected chi connectivity index (χ0v) is 17.7. The summed E-state index contributed by atoms with van der Waals surface area (Å²) in [4.78, 5) is 0. The number of hydrogen-bond acceptors (Lipinski definition) is 2. The Balaban J connectivity index is 3.23. The molecule has 1 rings (SSSR count). The smallest absolute Gasteiger partial charge is 0.123 e. The third-order valence-electron chi connectivity index (χ3n) is 4.38. The summed E-state index contributed by atoms with van der Waals surface area (Å²) in [5.74, 6) is 3.58. The topological polar surface area (TPSA) is 29.5 Å². The molecule has 0 amide bonds. The molecule has 5 heteroatoms. The van der Waals surface area contributed by atoms with Crippen LogP contribution in [0.4, 0.5) is 4.39 Å². The van der Waals surface area contributed by atoms with Gasteiger partial charge in [-0.2, -0.15) is 0 Å². The van der Waals surface area contributed by atoms with Gasteiger partial charge < -0.3 is 4.74 Å². The largest absolute Gasteiger partial charge is 0.369 e. The Morgan fingerprint density at radius 2 is 1.64 bits per heavy atom. The first kappa shape index (κ1) is 22.1. The molecule has 3 atom stereocenters. The van der Waals surface area contributed by atoms with Crippen molar-refractivity contribution in [1.29, 1.82) is 0 Å². The van der Waals surface area contributed by atoms with Gasteiger partial charge in [0.25, 0.3) is 0 Å². The van der Waals surface area contributed by atoms with E-state index >= 15 is 0 Å². The molecule has 0 heterocycles. The van der Waals surface area contributed by atoms with Crippen molar-refractivity contribution in [3.05, 3.63) is 35.6 Å². The summed E-state index contributed by atoms with van der Waals surface area (Å²) in [7, 11) is -2.43. The first-order valence-corrected chi connectivity index (χ1v) is 10.7. The van der Waals surface area contributed by atoms with Crippen LogP contribution < -0.4 is 0 Å². The van der Waals surface area contributed by atoms with E-state index in [0.29, 0.717) is 6.54 Å². The fraction of sp³-hybridized carbons (Fsp3) is 0.650. The maximum absolute atomic E-state index is 13.3. The number of rotatable bonds is 6. The summed E-state index contributed by atoms with van der Waals surface area (Å²) in [6.45, 7) is 14.8. The van der Waals surface area contributed by atoms with E-state index in [1.54, 1.807) is 18.4 Å². The molecule has 0 fully saturated rings. The molecule has 0 N–H and O–H groups in total. The zero-order chi connectivity index (χ0) is 19.6. The summed E-state index contributed by atoms with van der Waals surface area (Å²) in [6, 6.07) is 6.33. The van der Waals surface area contributed by atoms with Crippen molar-refractivity contribution in [3.8, 4) is 0 Å². The second kappa shape index (κ2) is 7.77. The standard InChI is InChI=1S/C20H34FNO2S/c1-15(19(2,3)4)24-18(16-10-12-17(21)13-11-16)14-22(20(5,6)7)25(8,9)23/h10-13,15,18H,8,14H2,1-7,9H3. The van der Waals surface area contributed by atoms with Gasteiger partial charge in [0.05, 0.1) is 12.2 Å². The fourth-order valence-electron chi connectivity index (χ4n) is 2.52. The van der Waals surface area contributed by atoms with E-state index in [1.165, 1.54) is 12.1 Å². The van der Waals surface area contributed by atoms with Crippen LogP contribution in [0.3, 0.4) is 0 Å². The van der Waals surface area contributed by atoms with Crippen molar-refractivity contribution in [2.75, 3.05) is 12.8 Å². The predicted octanol–water partition coefficient (Wildman–Crippen LogP) is 4.68. The van der Waals surface area contributed by atoms with E-state index in [-0.39, 0.29) is 29.0 Å². The van der Waals surface area contributed by atoms with E-state index < -0.39 is 9.71 Å². The van der Waals surface area contributed by atoms with Gasteiger partial charge in [-0.15, -0.1) is 0 Å². The van der Waals surface area contributed by atoms with Crippen molar-refractivity contribution in [1.82, 2.24) is 4.31 Å². The van der Waals surface area contributed by atoms with Crippen LogP contribution in [0.2, 0.25) is 0 Å². The molecule has 0 saturated heterocycles. The minimum atomic E-state index is -2.43. The van der Waals surface area contributed by atoms with Crippen LogP contribution >= 0.6 is 0 Å². The lowest BCUT2D eigenvalue weighted by Gasteiger charge is -2.40. The number of benzene rings is 1. The molecule has 1 aromatic rings. The van der Waals surface area contributed by atoms with Crippen molar-refractivity contribution < 1.29 is 13.3 Å². The Kier molecular flexibility index (Phi) is 6.87. The molecule has 3 unspecified atom stereocenters. The van der Waals surface area contributed by atoms with Crippen LogP contribution in [0.5, 0.6) is 0 Å². The molecule has 0 aromatic heterocycles. The number of nitrogens with zero attached hydrogens (tertiary/aromatic N) is 1. The Morgan fingerprint density at radius 1 is 1.16 bits per heavy atom. The molecule has 0 saturated carbocycles. The highest BCUT2D eigenvalue weighted by Gasteiger charge is 2.32. The Morgan fingerprint density at radius 3 is 2.00 bits per heavy atom. The minimum absolute atomic E-state index is 0.0258. The Hall–Kier alpha value is -0.910. The molecular formula is C20H34FNO2S. The molecular weight excluding hydrogens is 337 g/mol. The number of hydrogen-bond donors (Lipinski definition) is 0. The first-order chi connectivity index (χ1) is 11.1. The van der Waals surface area contributed by atoms with Crippen LogP contribution in [-0.4, -0.2) is 38.8 Å². The molecule has 0 spiro atoms. The SMILES string of the molecule is C=S(C)(=O)N(CC(OC(C)C(C)(C)C)c1ccc(F)cc1)C(C)(C)C. The molecule has 0 aliphatic heterocycles. The maximum atomic E-state index is 13.3. The zero-order valence-electron chi connectivity index (χ0n) is 16.9. The minimum Gasteiger partial charge on any atom is -0.369 e. The third kappa shape index (κ3) is 6.72. The second-order valence-electron chi connectivity index (χ2n) is 8.88. The average molecular weight is 372 g/mol. The highest BCUT2D eigenvalue weighted by Crippen LogP contribution is 2.31. The van der Waals surface area contributed by atoms with Crippen molar-refractivity contribution in [2.24, 2.45) is 5.41 Å². The van der Waals surface area contributed by atoms with Gasteiger partial charge in [0, 0.05) is 28.0 Å². The van der Waals surface area contributed by atoms with Gasteiger partial charge in [0.15, 0.2) is 0 Å². The van der Waals surface area contributed by atoms with Crippen LogP contribution in [0, 0.1) is 11.2 Å². The highest BCUT2D eigenvalue weighted by molar-refractivity contribution is 7.97. The second-order valence-corrected chi connectivity index (χ2v) is 11.2. The summed E-state index contributed by atoms with van der Waals surface area (Å²) >= 11 is 0. The molecule has 0 aliphatic carbocycles. The number of halogens is 1. The quantitative estimate of drug-likeness (QED) is 0.680. The van der Waals surface area contributed by atoms with Crippen LogP contribution in [-0.2, 0) is 14.4 Å². The lowest BCUT2D eigenvalue weighted by Crippen LogP contribution is -2.47. The molecule has 25 heavy (non-hydrogen) atoms. The molecule has 144 valence electrons. The van der Waals surface area contributed by atoms with E-state index in [9.17, 15) is 8.60 Å². The highest BCUT2D eigenvalue weighted by atomic mass is 32.2. The van der Waals surface area contributed by atoms with E-state index in [4.69, 9.17) is 4.74 Å². The van der Waals surface area contributed by atoms with Crippen LogP contribution in [0.25, 0.3) is 0 Å². The fourth-order valence-corrected chi connectivity index (χ4v) is 4.13. The van der Waals surface area contributed by atoms with E-state index in [0.717, 1.165) is 5.56 Å². The van der Waals surface area contributed by atoms with Crippen LogP contribution in [0.15, 0.2) is 24.3 Å². The lowest BCUT2D eigenvalue weighted by molar-refractivity contribution is -0.0666. The molecule has 1 aromatic carbocycles. The van der Waals surface area contributed by atoms with Gasteiger partial charge in [0.2, 0.25) is 0 Å². The van der Waals surface area contributed by atoms with Crippen molar-refractivity contribution >= 4 is 15.6 Å². The van der Waals surface area contributed by atoms with Crippen molar-refractivity contribution in [2.45, 2.75) is 66.2 Å². The molecule has 3 nitrogen and oxygen atoms in total. The molecule has 0 aliphatic rings. The first-order valence-electron chi connectivity index (χ1n) is 8.63. The molecule has 0 bridgehead atoms. The lowest BCUT2D eigenvalue weighted by atomic mass is 9.90. The monoisotopic (exact) mass is 371 g/mol. The Labute approximate surface area is 153 Å². The van der Waals surface area contributed by atoms with Crippen LogP contribution in [0.1, 0.15) is 60.1 Å². The van der Waals surface area contributed by atoms with Gasteiger partial charge in [-0.1, -0.05) is 32.9 Å².